The molecule has 0 aromatic heterocycles. The molecule has 1 aliphatic rings. The molecule has 1 heterocycles. The van der Waals surface area contributed by atoms with Crippen LogP contribution in [-0.4, -0.2) is 24.7 Å². The molecule has 1 saturated heterocycles. The number of anilines is 1. The number of nitriles is 1. The highest BCUT2D eigenvalue weighted by Crippen LogP contribution is 2.31. The van der Waals surface area contributed by atoms with E-state index in [0.29, 0.717) is 6.42 Å². The van der Waals surface area contributed by atoms with E-state index in [-0.39, 0.29) is 11.6 Å². The average molecular weight is 257 g/mol. The maximum absolute atomic E-state index is 9.06. The maximum atomic E-state index is 9.06. The van der Waals surface area contributed by atoms with Gasteiger partial charge in [-0.3, -0.25) is 0 Å². The normalized spacial score (nSPS) is 22.1. The molecule has 1 unspecified atom stereocenters. The van der Waals surface area contributed by atoms with E-state index in [2.05, 4.69) is 62.2 Å². The molecule has 0 spiro atoms. The number of hydrogen-bond acceptors (Lipinski definition) is 3. The minimum atomic E-state index is 0.0278. The van der Waals surface area contributed by atoms with Gasteiger partial charge in [-0.1, -0.05) is 6.07 Å². The molecule has 19 heavy (non-hydrogen) atoms. The Morgan fingerprint density at radius 2 is 1.95 bits per heavy atom. The number of benzene rings is 1. The third-order valence-corrected chi connectivity index (χ3v) is 3.77. The standard InChI is InChI=1S/C16H23N3/c1-12-7-13(2)9-15(8-12)19-14(5-6-17)10-18-11-16(19,3)4/h7-9,14,18H,5,10-11H2,1-4H3. The Labute approximate surface area is 116 Å². The zero-order chi connectivity index (χ0) is 14.0. The molecule has 0 saturated carbocycles. The third kappa shape index (κ3) is 2.90. The summed E-state index contributed by atoms with van der Waals surface area (Å²) in [6.45, 7) is 10.6. The van der Waals surface area contributed by atoms with Crippen LogP contribution in [0, 0.1) is 25.2 Å². The van der Waals surface area contributed by atoms with Gasteiger partial charge < -0.3 is 10.2 Å². The molecule has 1 N–H and O–H groups in total. The summed E-state index contributed by atoms with van der Waals surface area (Å²) in [6.07, 6.45) is 0.559. The molecule has 3 heteroatoms. The lowest BCUT2D eigenvalue weighted by atomic mass is 9.93. The van der Waals surface area contributed by atoms with Crippen molar-refractivity contribution in [3.8, 4) is 6.07 Å². The topological polar surface area (TPSA) is 39.1 Å². The number of piperazine rings is 1. The van der Waals surface area contributed by atoms with Crippen molar-refractivity contribution in [3.05, 3.63) is 29.3 Å². The third-order valence-electron chi connectivity index (χ3n) is 3.77. The Morgan fingerprint density at radius 3 is 2.53 bits per heavy atom. The van der Waals surface area contributed by atoms with Gasteiger partial charge in [-0.25, -0.2) is 0 Å². The first-order valence-electron chi connectivity index (χ1n) is 6.89. The predicted octanol–water partition coefficient (Wildman–Crippen LogP) is 2.77. The Bertz CT molecular complexity index is 479. The van der Waals surface area contributed by atoms with Crippen molar-refractivity contribution < 1.29 is 0 Å². The first-order chi connectivity index (χ1) is 8.94. The molecule has 1 fully saturated rings. The molecule has 0 aliphatic carbocycles. The summed E-state index contributed by atoms with van der Waals surface area (Å²) >= 11 is 0. The molecule has 102 valence electrons. The van der Waals surface area contributed by atoms with Crippen molar-refractivity contribution in [1.82, 2.24) is 5.32 Å². The summed E-state index contributed by atoms with van der Waals surface area (Å²) < 4.78 is 0. The Morgan fingerprint density at radius 1 is 1.32 bits per heavy atom. The van der Waals surface area contributed by atoms with Gasteiger partial charge in [-0.2, -0.15) is 5.26 Å². The molecular weight excluding hydrogens is 234 g/mol. The van der Waals surface area contributed by atoms with Gasteiger partial charge in [-0.05, 0) is 51.0 Å². The van der Waals surface area contributed by atoms with E-state index in [0.717, 1.165) is 13.1 Å². The highest BCUT2D eigenvalue weighted by Gasteiger charge is 2.36. The van der Waals surface area contributed by atoms with Crippen molar-refractivity contribution in [2.75, 3.05) is 18.0 Å². The van der Waals surface area contributed by atoms with E-state index < -0.39 is 0 Å². The van der Waals surface area contributed by atoms with Gasteiger partial charge in [0.25, 0.3) is 0 Å². The maximum Gasteiger partial charge on any atom is 0.0643 e. The van der Waals surface area contributed by atoms with Crippen LogP contribution in [0.1, 0.15) is 31.4 Å². The first-order valence-corrected chi connectivity index (χ1v) is 6.89. The highest BCUT2D eigenvalue weighted by atomic mass is 15.3. The summed E-state index contributed by atoms with van der Waals surface area (Å²) in [5.74, 6) is 0. The van der Waals surface area contributed by atoms with Gasteiger partial charge in [0.2, 0.25) is 0 Å². The van der Waals surface area contributed by atoms with Crippen LogP contribution in [-0.2, 0) is 0 Å². The van der Waals surface area contributed by atoms with E-state index in [1.54, 1.807) is 0 Å². The molecule has 0 amide bonds. The molecular formula is C16H23N3. The fourth-order valence-corrected chi connectivity index (χ4v) is 3.13. The smallest absolute Gasteiger partial charge is 0.0643 e. The lowest BCUT2D eigenvalue weighted by molar-refractivity contribution is 0.324. The van der Waals surface area contributed by atoms with E-state index in [1.807, 2.05) is 0 Å². The second-order valence-electron chi connectivity index (χ2n) is 6.18. The van der Waals surface area contributed by atoms with Crippen LogP contribution < -0.4 is 10.2 Å². The van der Waals surface area contributed by atoms with E-state index >= 15 is 0 Å². The van der Waals surface area contributed by atoms with Crippen LogP contribution >= 0.6 is 0 Å². The zero-order valence-electron chi connectivity index (χ0n) is 12.3. The summed E-state index contributed by atoms with van der Waals surface area (Å²) in [7, 11) is 0. The molecule has 1 aromatic rings. The number of nitrogens with one attached hydrogen (secondary N) is 1. The minimum Gasteiger partial charge on any atom is -0.360 e. The Balaban J connectivity index is 2.43. The quantitative estimate of drug-likeness (QED) is 0.885. The largest absolute Gasteiger partial charge is 0.360 e. The summed E-state index contributed by atoms with van der Waals surface area (Å²) in [5, 5.41) is 12.5. The zero-order valence-corrected chi connectivity index (χ0v) is 12.3. The lowest BCUT2D eigenvalue weighted by Crippen LogP contribution is -2.63. The fourth-order valence-electron chi connectivity index (χ4n) is 3.13. The molecule has 0 bridgehead atoms. The van der Waals surface area contributed by atoms with Crippen LogP contribution in [0.2, 0.25) is 0 Å². The average Bonchev–Trinajstić information content (AvgIpc) is 2.26. The summed E-state index contributed by atoms with van der Waals surface area (Å²) in [5.41, 5.74) is 3.82. The molecule has 0 radical (unpaired) electrons. The van der Waals surface area contributed by atoms with Crippen LogP contribution in [0.4, 0.5) is 5.69 Å². The highest BCUT2D eigenvalue weighted by molar-refractivity contribution is 5.54. The first kappa shape index (κ1) is 13.9. The summed E-state index contributed by atoms with van der Waals surface area (Å²) in [4.78, 5) is 2.42. The minimum absolute atomic E-state index is 0.0278. The van der Waals surface area contributed by atoms with Gasteiger partial charge >= 0.3 is 0 Å². The van der Waals surface area contributed by atoms with Crippen molar-refractivity contribution in [2.24, 2.45) is 0 Å². The van der Waals surface area contributed by atoms with Crippen LogP contribution in [0.5, 0.6) is 0 Å². The molecule has 1 aliphatic heterocycles. The van der Waals surface area contributed by atoms with Crippen molar-refractivity contribution in [1.29, 1.82) is 5.26 Å². The molecule has 1 atom stereocenters. The monoisotopic (exact) mass is 257 g/mol. The SMILES string of the molecule is Cc1cc(C)cc(N2C(CC#N)CNCC2(C)C)c1. The van der Waals surface area contributed by atoms with Crippen molar-refractivity contribution in [2.45, 2.75) is 45.7 Å². The molecule has 2 rings (SSSR count). The van der Waals surface area contributed by atoms with Crippen LogP contribution in [0.25, 0.3) is 0 Å². The number of nitrogens with zero attached hydrogens (tertiary/aromatic N) is 2. The van der Waals surface area contributed by atoms with E-state index in [1.165, 1.54) is 16.8 Å². The van der Waals surface area contributed by atoms with E-state index in [4.69, 9.17) is 5.26 Å². The summed E-state index contributed by atoms with van der Waals surface area (Å²) in [6, 6.07) is 9.21. The van der Waals surface area contributed by atoms with Gasteiger partial charge in [0, 0.05) is 24.3 Å². The second-order valence-corrected chi connectivity index (χ2v) is 6.18. The Hall–Kier alpha value is -1.53. The molecule has 1 aromatic carbocycles. The Kier molecular flexibility index (Phi) is 3.82. The fraction of sp³-hybridized carbons (Fsp3) is 0.562. The number of aryl methyl sites for hydroxylation is 2. The molecule has 3 nitrogen and oxygen atoms in total. The van der Waals surface area contributed by atoms with Crippen LogP contribution in [0.3, 0.4) is 0 Å². The van der Waals surface area contributed by atoms with Crippen molar-refractivity contribution >= 4 is 5.69 Å². The number of hydrogen-bond donors (Lipinski definition) is 1. The van der Waals surface area contributed by atoms with Crippen LogP contribution in [0.15, 0.2) is 18.2 Å². The second kappa shape index (κ2) is 5.22. The van der Waals surface area contributed by atoms with Gasteiger partial charge in [0.15, 0.2) is 0 Å². The van der Waals surface area contributed by atoms with Gasteiger partial charge in [0.05, 0.1) is 18.5 Å². The number of rotatable bonds is 2. The van der Waals surface area contributed by atoms with Gasteiger partial charge in [-0.15, -0.1) is 0 Å². The van der Waals surface area contributed by atoms with Gasteiger partial charge in [0.1, 0.15) is 0 Å². The van der Waals surface area contributed by atoms with Crippen molar-refractivity contribution in [3.63, 3.8) is 0 Å². The predicted molar refractivity (Wildman–Crippen MR) is 79.4 cm³/mol. The lowest BCUT2D eigenvalue weighted by Gasteiger charge is -2.49. The van der Waals surface area contributed by atoms with E-state index in [9.17, 15) is 0 Å².